The largest absolute Gasteiger partial charge is 0.338 e. The lowest BCUT2D eigenvalue weighted by Gasteiger charge is -2.39. The summed E-state index contributed by atoms with van der Waals surface area (Å²) < 4.78 is 0. The number of carbonyl (C=O) groups excluding carboxylic acids is 1. The first-order chi connectivity index (χ1) is 14.1. The summed E-state index contributed by atoms with van der Waals surface area (Å²) in [6, 6.07) is 2.15. The second kappa shape index (κ2) is 10.9. The average Bonchev–Trinajstić information content (AvgIpc) is 2.78. The van der Waals surface area contributed by atoms with E-state index in [9.17, 15) is 4.79 Å². The van der Waals surface area contributed by atoms with Crippen LogP contribution < -0.4 is 10.2 Å². The summed E-state index contributed by atoms with van der Waals surface area (Å²) in [7, 11) is 0. The number of piperazine rings is 1. The number of nitrogens with zero attached hydrogens (tertiary/aromatic N) is 5. The Labute approximate surface area is 175 Å². The van der Waals surface area contributed by atoms with Crippen molar-refractivity contribution in [3.05, 3.63) is 18.5 Å². The molecule has 0 radical (unpaired) electrons. The van der Waals surface area contributed by atoms with Crippen LogP contribution in [-0.2, 0) is 4.79 Å². The molecule has 7 heteroatoms. The van der Waals surface area contributed by atoms with E-state index in [1.807, 2.05) is 17.9 Å². The summed E-state index contributed by atoms with van der Waals surface area (Å²) in [6.45, 7) is 12.9. The van der Waals surface area contributed by atoms with Crippen LogP contribution in [0.15, 0.2) is 18.5 Å². The maximum absolute atomic E-state index is 13.1. The molecule has 1 aliphatic heterocycles. The summed E-state index contributed by atoms with van der Waals surface area (Å²) in [6.07, 6.45) is 8.57. The van der Waals surface area contributed by atoms with Crippen LogP contribution in [0.4, 0.5) is 5.95 Å². The highest BCUT2D eigenvalue weighted by Gasteiger charge is 2.31. The van der Waals surface area contributed by atoms with E-state index >= 15 is 0 Å². The third kappa shape index (κ3) is 5.89. The zero-order chi connectivity index (χ0) is 20.6. The van der Waals surface area contributed by atoms with E-state index in [-0.39, 0.29) is 11.9 Å². The van der Waals surface area contributed by atoms with E-state index in [4.69, 9.17) is 0 Å². The number of carbonyl (C=O) groups is 1. The summed E-state index contributed by atoms with van der Waals surface area (Å²) in [5.74, 6) is 1.63. The second-order valence-electron chi connectivity index (χ2n) is 8.39. The number of rotatable bonds is 8. The van der Waals surface area contributed by atoms with Crippen LogP contribution in [0.1, 0.15) is 46.5 Å². The van der Waals surface area contributed by atoms with E-state index in [0.717, 1.165) is 51.8 Å². The number of nitrogens with one attached hydrogen (secondary N) is 1. The van der Waals surface area contributed by atoms with Crippen molar-refractivity contribution in [2.45, 2.75) is 58.5 Å². The molecule has 2 aliphatic rings. The zero-order valence-corrected chi connectivity index (χ0v) is 18.4. The van der Waals surface area contributed by atoms with E-state index in [2.05, 4.69) is 38.9 Å². The summed E-state index contributed by atoms with van der Waals surface area (Å²) in [5, 5.41) is 3.71. The van der Waals surface area contributed by atoms with Crippen LogP contribution in [0.5, 0.6) is 0 Å². The van der Waals surface area contributed by atoms with Gasteiger partial charge in [-0.1, -0.05) is 26.7 Å². The zero-order valence-electron chi connectivity index (χ0n) is 18.4. The molecule has 1 amide bonds. The molecule has 29 heavy (non-hydrogen) atoms. The molecule has 0 unspecified atom stereocenters. The SMILES string of the molecule is CCN(CC)C[C@@H]1CCCC[C@H]1N[C@@H](C)C(=O)N1CCN(c2ncccn2)CC1. The van der Waals surface area contributed by atoms with Gasteiger partial charge in [0.1, 0.15) is 0 Å². The fourth-order valence-electron chi connectivity index (χ4n) is 4.71. The Morgan fingerprint density at radius 3 is 2.45 bits per heavy atom. The van der Waals surface area contributed by atoms with E-state index in [1.54, 1.807) is 12.4 Å². The van der Waals surface area contributed by atoms with Crippen LogP contribution in [-0.4, -0.2) is 83.6 Å². The predicted octanol–water partition coefficient (Wildman–Crippen LogP) is 2.00. The van der Waals surface area contributed by atoms with Gasteiger partial charge in [0.15, 0.2) is 0 Å². The lowest BCUT2D eigenvalue weighted by Crippen LogP contribution is -2.56. The molecule has 1 aliphatic carbocycles. The standard InChI is InChI=1S/C22H38N6O/c1-4-26(5-2)17-19-9-6-7-10-20(19)25-18(3)21(29)27-13-15-28(16-14-27)22-23-11-8-12-24-22/h8,11-12,18-20,25H,4-7,9-10,13-17H2,1-3H3/t18-,19-,20+/m0/s1. The molecule has 7 nitrogen and oxygen atoms in total. The van der Waals surface area contributed by atoms with Crippen molar-refractivity contribution in [2.24, 2.45) is 5.92 Å². The van der Waals surface area contributed by atoms with Gasteiger partial charge in [-0.25, -0.2) is 9.97 Å². The number of amides is 1. The van der Waals surface area contributed by atoms with Crippen molar-refractivity contribution < 1.29 is 4.79 Å². The molecular formula is C22H38N6O. The first-order valence-electron chi connectivity index (χ1n) is 11.4. The number of hydrogen-bond donors (Lipinski definition) is 1. The van der Waals surface area contributed by atoms with Crippen LogP contribution in [0, 0.1) is 5.92 Å². The van der Waals surface area contributed by atoms with Gasteiger partial charge in [0, 0.05) is 51.2 Å². The fraction of sp³-hybridized carbons (Fsp3) is 0.773. The highest BCUT2D eigenvalue weighted by Crippen LogP contribution is 2.26. The molecule has 3 atom stereocenters. The molecule has 0 bridgehead atoms. The molecule has 1 saturated carbocycles. The van der Waals surface area contributed by atoms with Gasteiger partial charge in [0.05, 0.1) is 6.04 Å². The molecule has 0 aromatic carbocycles. The van der Waals surface area contributed by atoms with Crippen molar-refractivity contribution >= 4 is 11.9 Å². The lowest BCUT2D eigenvalue weighted by molar-refractivity contribution is -0.133. The molecular weight excluding hydrogens is 364 g/mol. The smallest absolute Gasteiger partial charge is 0.239 e. The van der Waals surface area contributed by atoms with Gasteiger partial charge in [-0.15, -0.1) is 0 Å². The Kier molecular flexibility index (Phi) is 8.24. The molecule has 3 rings (SSSR count). The average molecular weight is 403 g/mol. The van der Waals surface area contributed by atoms with Gasteiger partial charge >= 0.3 is 0 Å². The van der Waals surface area contributed by atoms with Gasteiger partial charge in [-0.3, -0.25) is 4.79 Å². The lowest BCUT2D eigenvalue weighted by atomic mass is 9.83. The first-order valence-corrected chi connectivity index (χ1v) is 11.4. The maximum atomic E-state index is 13.1. The van der Waals surface area contributed by atoms with Crippen molar-refractivity contribution in [3.8, 4) is 0 Å². The molecule has 1 saturated heterocycles. The Hall–Kier alpha value is -1.73. The Morgan fingerprint density at radius 2 is 1.79 bits per heavy atom. The van der Waals surface area contributed by atoms with Crippen LogP contribution in [0.2, 0.25) is 0 Å². The van der Waals surface area contributed by atoms with Crippen molar-refractivity contribution in [2.75, 3.05) is 50.7 Å². The van der Waals surface area contributed by atoms with Gasteiger partial charge in [-0.05, 0) is 44.8 Å². The Balaban J connectivity index is 1.50. The van der Waals surface area contributed by atoms with E-state index < -0.39 is 0 Å². The number of aromatic nitrogens is 2. The molecule has 2 heterocycles. The topological polar surface area (TPSA) is 64.6 Å². The summed E-state index contributed by atoms with van der Waals surface area (Å²) in [4.78, 5) is 28.4. The quantitative estimate of drug-likeness (QED) is 0.718. The molecule has 162 valence electrons. The Morgan fingerprint density at radius 1 is 1.14 bits per heavy atom. The minimum atomic E-state index is -0.128. The van der Waals surface area contributed by atoms with E-state index in [1.165, 1.54) is 25.7 Å². The molecule has 0 spiro atoms. The van der Waals surface area contributed by atoms with Crippen molar-refractivity contribution in [3.63, 3.8) is 0 Å². The highest BCUT2D eigenvalue weighted by atomic mass is 16.2. The molecule has 1 N–H and O–H groups in total. The highest BCUT2D eigenvalue weighted by molar-refractivity contribution is 5.81. The second-order valence-corrected chi connectivity index (χ2v) is 8.39. The minimum Gasteiger partial charge on any atom is -0.338 e. The fourth-order valence-corrected chi connectivity index (χ4v) is 4.71. The third-order valence-corrected chi connectivity index (χ3v) is 6.56. The number of anilines is 1. The monoisotopic (exact) mass is 402 g/mol. The van der Waals surface area contributed by atoms with Crippen molar-refractivity contribution in [1.82, 2.24) is 25.1 Å². The number of hydrogen-bond acceptors (Lipinski definition) is 6. The van der Waals surface area contributed by atoms with Crippen LogP contribution >= 0.6 is 0 Å². The molecule has 1 aromatic heterocycles. The first kappa shape index (κ1) is 22.0. The van der Waals surface area contributed by atoms with Gasteiger partial charge in [0.25, 0.3) is 0 Å². The minimum absolute atomic E-state index is 0.128. The predicted molar refractivity (Wildman–Crippen MR) is 117 cm³/mol. The van der Waals surface area contributed by atoms with Crippen LogP contribution in [0.3, 0.4) is 0 Å². The molecule has 1 aromatic rings. The Bertz CT molecular complexity index is 615. The van der Waals surface area contributed by atoms with Crippen LogP contribution in [0.25, 0.3) is 0 Å². The maximum Gasteiger partial charge on any atom is 0.239 e. The van der Waals surface area contributed by atoms with Gasteiger partial charge in [-0.2, -0.15) is 0 Å². The third-order valence-electron chi connectivity index (χ3n) is 6.56. The van der Waals surface area contributed by atoms with Gasteiger partial charge < -0.3 is 20.0 Å². The van der Waals surface area contributed by atoms with Crippen molar-refractivity contribution in [1.29, 1.82) is 0 Å². The molecule has 2 fully saturated rings. The van der Waals surface area contributed by atoms with Gasteiger partial charge in [0.2, 0.25) is 11.9 Å². The summed E-state index contributed by atoms with van der Waals surface area (Å²) in [5.41, 5.74) is 0. The normalized spacial score (nSPS) is 24.0. The van der Waals surface area contributed by atoms with E-state index in [0.29, 0.717) is 12.0 Å². The summed E-state index contributed by atoms with van der Waals surface area (Å²) >= 11 is 0.